The number of likely N-dealkylation sites (N-methyl/N-ethyl adjacent to an activating group) is 1. The Morgan fingerprint density at radius 3 is 2.29 bits per heavy atom. The average Bonchev–Trinajstić information content (AvgIpc) is 1.89. The van der Waals surface area contributed by atoms with Gasteiger partial charge in [0, 0.05) is 76.6 Å². The number of rotatable bonds is 21. The van der Waals surface area contributed by atoms with Gasteiger partial charge in [0.1, 0.15) is 52.8 Å². The van der Waals surface area contributed by atoms with Crippen LogP contribution in [0.1, 0.15) is 96.0 Å². The van der Waals surface area contributed by atoms with Crippen LogP contribution in [0.5, 0.6) is 5.75 Å². The van der Waals surface area contributed by atoms with Crippen LogP contribution in [0.25, 0.3) is 0 Å². The molecule has 0 aliphatic carbocycles. The Kier molecular flexibility index (Phi) is 23.3. The molecule has 27 heteroatoms. The SMILES string of the molecule is COc1cc2cc(c1Cl)N(C)C(=O)C[C@H](OC(=O)[C@H](C)N(C)C(=O)c1ccc(NC(=O)[C@H](CCCNC(N)=O)NC(=O)[C@@H](NC(=S)NCCCCN3C(=O)C=CC3=O)C(C)C)cc1)[C@]1(C)O[C@H]1[C@H](C)[C@@H]1C[C@@](O)(NC(=O)O1)[C@H](OC)/C=C/C=C(\C)C2. The van der Waals surface area contributed by atoms with Gasteiger partial charge < -0.3 is 70.9 Å². The number of hydrogen-bond donors (Lipinski definition) is 8. The van der Waals surface area contributed by atoms with Gasteiger partial charge in [-0.25, -0.2) is 14.4 Å². The number of urea groups is 1. The van der Waals surface area contributed by atoms with Gasteiger partial charge in [0.15, 0.2) is 10.8 Å². The van der Waals surface area contributed by atoms with E-state index in [1.807, 2.05) is 13.0 Å². The van der Waals surface area contributed by atoms with E-state index in [4.69, 9.17) is 53.2 Å². The Labute approximate surface area is 510 Å². The number of anilines is 2. The molecule has 2 aromatic rings. The molecule has 4 bridgehead atoms. The zero-order valence-corrected chi connectivity index (χ0v) is 51.6. The van der Waals surface area contributed by atoms with Gasteiger partial charge in [0.05, 0.1) is 25.3 Å². The molecule has 0 aromatic heterocycles. The number of imide groups is 1. The fourth-order valence-corrected chi connectivity index (χ4v) is 10.9. The molecule has 9 amide bonds. The van der Waals surface area contributed by atoms with Crippen molar-refractivity contribution >= 4 is 93.8 Å². The number of esters is 1. The summed E-state index contributed by atoms with van der Waals surface area (Å²) in [6.45, 7) is 11.1. The third kappa shape index (κ3) is 17.1. The number of nitrogens with two attached hydrogens (primary N) is 1. The smallest absolute Gasteiger partial charge is 0.409 e. The minimum Gasteiger partial charge on any atom is -0.495 e. The monoisotopic (exact) mass is 1230 g/mol. The van der Waals surface area contributed by atoms with E-state index in [1.54, 1.807) is 52.0 Å². The first-order valence-electron chi connectivity index (χ1n) is 28.3. The van der Waals surface area contributed by atoms with Crippen LogP contribution in [0.15, 0.2) is 72.4 Å². The summed E-state index contributed by atoms with van der Waals surface area (Å²) in [5.41, 5.74) is 4.29. The number of nitrogens with one attached hydrogen (secondary N) is 6. The maximum Gasteiger partial charge on any atom is 0.409 e. The van der Waals surface area contributed by atoms with Crippen molar-refractivity contribution in [3.05, 3.63) is 88.5 Å². The van der Waals surface area contributed by atoms with Gasteiger partial charge in [-0.2, -0.15) is 0 Å². The second-order valence-corrected chi connectivity index (χ2v) is 23.2. The molecule has 4 aliphatic heterocycles. The maximum atomic E-state index is 14.5. The van der Waals surface area contributed by atoms with Crippen molar-refractivity contribution < 1.29 is 71.9 Å². The number of carbonyl (C=O) groups excluding carboxylic acids is 9. The summed E-state index contributed by atoms with van der Waals surface area (Å²) < 4.78 is 29.6. The molecule has 2 fully saturated rings. The zero-order valence-electron chi connectivity index (χ0n) is 50.0. The number of fused-ring (bicyclic) bond motifs is 5. The van der Waals surface area contributed by atoms with Gasteiger partial charge >= 0.3 is 18.1 Å². The van der Waals surface area contributed by atoms with E-state index >= 15 is 0 Å². The fourth-order valence-electron chi connectivity index (χ4n) is 10.3. The van der Waals surface area contributed by atoms with Crippen LogP contribution < -0.4 is 47.3 Å². The van der Waals surface area contributed by atoms with E-state index in [0.29, 0.717) is 37.2 Å². The predicted octanol–water partition coefficient (Wildman–Crippen LogP) is 3.89. The number of benzene rings is 2. The van der Waals surface area contributed by atoms with Gasteiger partial charge in [-0.15, -0.1) is 0 Å². The molecule has 4 heterocycles. The average molecular weight is 1240 g/mol. The molecular weight excluding hydrogens is 1160 g/mol. The number of allylic oxidation sites excluding steroid dienone is 3. The van der Waals surface area contributed by atoms with Crippen LogP contribution in [0, 0.1) is 11.8 Å². The summed E-state index contributed by atoms with van der Waals surface area (Å²) in [6.07, 6.45) is 3.93. The van der Waals surface area contributed by atoms with E-state index in [1.165, 1.54) is 76.6 Å². The van der Waals surface area contributed by atoms with E-state index in [-0.39, 0.29) is 71.5 Å². The largest absolute Gasteiger partial charge is 0.495 e. The minimum atomic E-state index is -1.91. The molecule has 2 aromatic carbocycles. The maximum absolute atomic E-state index is 14.5. The number of aliphatic hydroxyl groups is 1. The Morgan fingerprint density at radius 2 is 1.65 bits per heavy atom. The first kappa shape index (κ1) is 67.5. The lowest BCUT2D eigenvalue weighted by molar-refractivity contribution is -0.158. The number of epoxide rings is 1. The number of hydrogen-bond acceptors (Lipinski definition) is 16. The van der Waals surface area contributed by atoms with E-state index in [0.717, 1.165) is 20.9 Å². The van der Waals surface area contributed by atoms with Crippen molar-refractivity contribution in [2.45, 2.75) is 140 Å². The summed E-state index contributed by atoms with van der Waals surface area (Å²) in [7, 11) is 5.78. The topological polar surface area (TPSA) is 331 Å². The normalized spacial score (nSPS) is 25.0. The lowest BCUT2D eigenvalue weighted by atomic mass is 9.83. The number of halogens is 1. The number of thiocarbonyl (C=S) groups is 1. The molecule has 10 atom stereocenters. The predicted molar refractivity (Wildman–Crippen MR) is 322 cm³/mol. The number of methoxy groups -OCH3 is 2. The first-order valence-corrected chi connectivity index (χ1v) is 29.1. The molecular formula is C59H79ClN10O15S. The lowest BCUT2D eigenvalue weighted by Crippen LogP contribution is -2.63. The standard InChI is InChI=1S/C59H79ClN10O15S/c1-32(2)49(66-56(86)63-24-11-12-26-70-45(71)22-23-46(70)72)52(75)65-39(16-14-25-62-55(61)78)51(74)64-38-20-18-37(19-21-38)53(76)68(7)35(5)54(77)84-44-30-47(73)69(8)40-28-36(29-41(81-9)48(40)60)27-33(3)15-13-17-43(82-10)59(80)31-42(83-57(79)67-59)34(4)50-58(44,6)85-50/h13,15,17-23,28-29,32,34-35,39,42-44,49-50,80H,11-12,14,16,24-27,30-31H2,1-10H3,(H,64,74)(H,65,75)(H,67,79)(H3,61,62,78)(H2,63,66,86)/b17-13+,33-15+/t34-,35+,39+,42+,43-,44+,49+,50+,58+,59+/m1/s1. The lowest BCUT2D eigenvalue weighted by Gasteiger charge is -2.42. The molecule has 468 valence electrons. The van der Waals surface area contributed by atoms with Crippen LogP contribution in [0.3, 0.4) is 0 Å². The van der Waals surface area contributed by atoms with Crippen molar-refractivity contribution in [1.29, 1.82) is 0 Å². The van der Waals surface area contributed by atoms with Crippen molar-refractivity contribution in [3.63, 3.8) is 0 Å². The second kappa shape index (κ2) is 29.6. The van der Waals surface area contributed by atoms with Gasteiger partial charge in [-0.3, -0.25) is 39.0 Å². The molecule has 0 unspecified atom stereocenters. The van der Waals surface area contributed by atoms with Crippen LogP contribution in [-0.2, 0) is 54.1 Å². The fraction of sp³-hybridized carbons (Fsp3) is 0.525. The van der Waals surface area contributed by atoms with Gasteiger partial charge in [0.2, 0.25) is 17.7 Å². The number of carbonyl (C=O) groups is 9. The number of primary amides is 1. The van der Waals surface area contributed by atoms with Crippen LogP contribution in [0.4, 0.5) is 21.0 Å². The van der Waals surface area contributed by atoms with Crippen molar-refractivity contribution in [1.82, 2.24) is 36.4 Å². The third-order valence-corrected chi connectivity index (χ3v) is 16.3. The number of nitrogens with zero attached hydrogens (tertiary/aromatic N) is 3. The summed E-state index contributed by atoms with van der Waals surface area (Å²) in [5, 5.41) is 28.8. The van der Waals surface area contributed by atoms with Gasteiger partial charge in [0.25, 0.3) is 17.7 Å². The molecule has 0 saturated carbocycles. The molecule has 0 spiro atoms. The van der Waals surface area contributed by atoms with E-state index in [9.17, 15) is 48.3 Å². The molecule has 86 heavy (non-hydrogen) atoms. The number of alkyl carbamates (subject to hydrolysis) is 1. The summed E-state index contributed by atoms with van der Waals surface area (Å²) >= 11 is 12.3. The Hall–Kier alpha value is -7.65. The highest BCUT2D eigenvalue weighted by atomic mass is 35.5. The molecule has 6 rings (SSSR count). The number of amides is 9. The molecule has 4 aliphatic rings. The molecule has 25 nitrogen and oxygen atoms in total. The van der Waals surface area contributed by atoms with Crippen LogP contribution >= 0.6 is 23.8 Å². The van der Waals surface area contributed by atoms with Crippen LogP contribution in [-0.4, -0.2) is 175 Å². The quantitative estimate of drug-likeness (QED) is 0.0289. The zero-order chi connectivity index (χ0) is 63.4. The van der Waals surface area contributed by atoms with Crippen molar-refractivity contribution in [2.75, 3.05) is 58.2 Å². The Balaban J connectivity index is 1.14. The minimum absolute atomic E-state index is 0.0788. The Morgan fingerprint density at radius 1 is 0.977 bits per heavy atom. The summed E-state index contributed by atoms with van der Waals surface area (Å²) in [5.74, 6) is -4.54. The second-order valence-electron chi connectivity index (χ2n) is 22.4. The third-order valence-electron chi connectivity index (χ3n) is 15.7. The number of unbranched alkanes of at least 4 members (excludes halogenated alkanes) is 1. The summed E-state index contributed by atoms with van der Waals surface area (Å²) in [4.78, 5) is 123. The highest BCUT2D eigenvalue weighted by molar-refractivity contribution is 7.80. The first-order chi connectivity index (χ1) is 40.6. The van der Waals surface area contributed by atoms with Gasteiger partial charge in [-0.1, -0.05) is 56.2 Å². The number of ether oxygens (including phenoxy) is 5. The van der Waals surface area contributed by atoms with Crippen molar-refractivity contribution in [3.8, 4) is 5.75 Å². The van der Waals surface area contributed by atoms with E-state index in [2.05, 4.69) is 31.9 Å². The molecule has 2 saturated heterocycles. The Bertz CT molecular complexity index is 2980. The van der Waals surface area contributed by atoms with E-state index < -0.39 is 108 Å². The summed E-state index contributed by atoms with van der Waals surface area (Å²) in [6, 6.07) is 5.30. The molecule has 9 N–H and O–H groups in total. The van der Waals surface area contributed by atoms with Crippen LogP contribution in [0.2, 0.25) is 5.02 Å². The van der Waals surface area contributed by atoms with Crippen molar-refractivity contribution in [2.24, 2.45) is 17.6 Å². The highest BCUT2D eigenvalue weighted by Gasteiger charge is 2.64. The highest BCUT2D eigenvalue weighted by Crippen LogP contribution is 2.49. The van der Waals surface area contributed by atoms with Gasteiger partial charge in [-0.05, 0) is 113 Å². The molecule has 0 radical (unpaired) electrons.